The van der Waals surface area contributed by atoms with E-state index in [0.717, 1.165) is 17.3 Å². The molecule has 0 radical (unpaired) electrons. The van der Waals surface area contributed by atoms with Crippen LogP contribution in [-0.2, 0) is 5.75 Å². The maximum atomic E-state index is 11.4. The minimum absolute atomic E-state index is 0.304. The Morgan fingerprint density at radius 1 is 1.36 bits per heavy atom. The van der Waals surface area contributed by atoms with E-state index in [9.17, 15) is 4.79 Å². The third-order valence-corrected chi connectivity index (χ3v) is 2.43. The summed E-state index contributed by atoms with van der Waals surface area (Å²) < 4.78 is 5.12. The molecule has 0 spiro atoms. The highest BCUT2D eigenvalue weighted by Crippen LogP contribution is 2.14. The van der Waals surface area contributed by atoms with Crippen molar-refractivity contribution in [2.45, 2.75) is 5.75 Å². The second kappa shape index (κ2) is 3.86. The predicted molar refractivity (Wildman–Crippen MR) is 58.0 cm³/mol. The molecule has 1 aromatic heterocycles. The first kappa shape index (κ1) is 9.30. The van der Waals surface area contributed by atoms with E-state index >= 15 is 0 Å². The molecule has 0 aliphatic heterocycles. The largest absolute Gasteiger partial charge is 0.423 e. The Morgan fingerprint density at radius 3 is 2.93 bits per heavy atom. The Hall–Kier alpha value is -1.26. The molecule has 0 atom stereocenters. The van der Waals surface area contributed by atoms with E-state index in [1.54, 1.807) is 6.07 Å². The van der Waals surface area contributed by atoms with Crippen molar-refractivity contribution in [1.82, 2.24) is 0 Å². The van der Waals surface area contributed by atoms with Gasteiger partial charge < -0.3 is 4.42 Å². The molecule has 2 aromatic rings. The highest BCUT2D eigenvalue weighted by Gasteiger charge is 2.03. The molecule has 0 saturated heterocycles. The van der Waals surface area contributed by atoms with Gasteiger partial charge in [-0.2, -0.15) is 0 Å². The van der Waals surface area contributed by atoms with E-state index in [1.165, 1.54) is 0 Å². The fourth-order valence-electron chi connectivity index (χ4n) is 1.30. The molecular weight excluding hydrogens is 198 g/mol. The van der Waals surface area contributed by atoms with Crippen molar-refractivity contribution >= 4 is 22.9 Å². The Balaban J connectivity index is 2.65. The van der Waals surface area contributed by atoms with Crippen LogP contribution in [0.25, 0.3) is 11.0 Å². The average Bonchev–Trinajstić information content (AvgIpc) is 2.19. The number of nitrogens with two attached hydrogens (primary N) is 1. The van der Waals surface area contributed by atoms with Crippen LogP contribution in [0.3, 0.4) is 0 Å². The molecule has 0 saturated carbocycles. The van der Waals surface area contributed by atoms with Crippen LogP contribution >= 0.6 is 11.9 Å². The van der Waals surface area contributed by atoms with Gasteiger partial charge in [-0.25, -0.2) is 4.79 Å². The Kier molecular flexibility index (Phi) is 2.56. The fourth-order valence-corrected chi connectivity index (χ4v) is 1.68. The minimum atomic E-state index is -0.304. The number of benzene rings is 1. The van der Waals surface area contributed by atoms with Crippen LogP contribution in [0.1, 0.15) is 5.56 Å². The van der Waals surface area contributed by atoms with E-state index in [0.29, 0.717) is 16.9 Å². The van der Waals surface area contributed by atoms with Crippen LogP contribution in [0.15, 0.2) is 39.5 Å². The molecule has 14 heavy (non-hydrogen) atoms. The SMILES string of the molecule is NSCc1cc2ccccc2oc1=O. The van der Waals surface area contributed by atoms with Gasteiger partial charge in [0.2, 0.25) is 0 Å². The maximum absolute atomic E-state index is 11.4. The summed E-state index contributed by atoms with van der Waals surface area (Å²) in [4.78, 5) is 11.4. The van der Waals surface area contributed by atoms with Gasteiger partial charge in [0.1, 0.15) is 5.58 Å². The lowest BCUT2D eigenvalue weighted by molar-refractivity contribution is 0.554. The van der Waals surface area contributed by atoms with Crippen molar-refractivity contribution in [2.24, 2.45) is 5.14 Å². The molecular formula is C10H9NO2S. The van der Waals surface area contributed by atoms with E-state index in [-0.39, 0.29) is 5.63 Å². The predicted octanol–water partition coefficient (Wildman–Crippen LogP) is 1.90. The zero-order valence-corrected chi connectivity index (χ0v) is 8.21. The summed E-state index contributed by atoms with van der Waals surface area (Å²) in [5.41, 5.74) is 0.918. The lowest BCUT2D eigenvalue weighted by Gasteiger charge is -1.99. The first-order valence-electron chi connectivity index (χ1n) is 4.15. The average molecular weight is 207 g/mol. The van der Waals surface area contributed by atoms with Gasteiger partial charge in [0, 0.05) is 16.7 Å². The number of hydrogen-bond donors (Lipinski definition) is 1. The number of rotatable bonds is 2. The lowest BCUT2D eigenvalue weighted by atomic mass is 10.2. The van der Waals surface area contributed by atoms with Crippen molar-refractivity contribution in [3.63, 3.8) is 0 Å². The van der Waals surface area contributed by atoms with E-state index in [4.69, 9.17) is 9.56 Å². The van der Waals surface area contributed by atoms with E-state index in [2.05, 4.69) is 0 Å². The normalized spacial score (nSPS) is 10.6. The molecule has 0 fully saturated rings. The van der Waals surface area contributed by atoms with Crippen LogP contribution < -0.4 is 10.8 Å². The summed E-state index contributed by atoms with van der Waals surface area (Å²) in [6.45, 7) is 0. The van der Waals surface area contributed by atoms with Gasteiger partial charge in [0.05, 0.1) is 0 Å². The minimum Gasteiger partial charge on any atom is -0.423 e. The van der Waals surface area contributed by atoms with Crippen molar-refractivity contribution in [1.29, 1.82) is 0 Å². The van der Waals surface area contributed by atoms with Crippen molar-refractivity contribution in [3.05, 3.63) is 46.3 Å². The number of fused-ring (bicyclic) bond motifs is 1. The van der Waals surface area contributed by atoms with Crippen LogP contribution in [0.5, 0.6) is 0 Å². The molecule has 2 N–H and O–H groups in total. The smallest absolute Gasteiger partial charge is 0.340 e. The Bertz CT molecular complexity index is 507. The van der Waals surface area contributed by atoms with Gasteiger partial charge in [-0.15, -0.1) is 0 Å². The molecule has 4 heteroatoms. The lowest BCUT2D eigenvalue weighted by Crippen LogP contribution is -2.06. The highest BCUT2D eigenvalue weighted by atomic mass is 32.2. The van der Waals surface area contributed by atoms with Gasteiger partial charge in [-0.05, 0) is 12.1 Å². The highest BCUT2D eigenvalue weighted by molar-refractivity contribution is 7.96. The van der Waals surface area contributed by atoms with Gasteiger partial charge in [-0.3, -0.25) is 5.14 Å². The monoisotopic (exact) mass is 207 g/mol. The molecule has 1 aromatic carbocycles. The second-order valence-electron chi connectivity index (χ2n) is 2.91. The molecule has 2 rings (SSSR count). The summed E-state index contributed by atoms with van der Waals surface area (Å²) in [6.07, 6.45) is 0. The van der Waals surface area contributed by atoms with Crippen LogP contribution in [0.4, 0.5) is 0 Å². The van der Waals surface area contributed by atoms with Crippen LogP contribution in [-0.4, -0.2) is 0 Å². The molecule has 0 aliphatic carbocycles. The number of hydrogen-bond acceptors (Lipinski definition) is 4. The van der Waals surface area contributed by atoms with Gasteiger partial charge in [0.15, 0.2) is 0 Å². The summed E-state index contributed by atoms with van der Waals surface area (Å²) >= 11 is 1.12. The van der Waals surface area contributed by atoms with E-state index in [1.807, 2.05) is 24.3 Å². The summed E-state index contributed by atoms with van der Waals surface area (Å²) in [6, 6.07) is 9.24. The topological polar surface area (TPSA) is 56.2 Å². The van der Waals surface area contributed by atoms with Crippen LogP contribution in [0.2, 0.25) is 0 Å². The van der Waals surface area contributed by atoms with Crippen LogP contribution in [0, 0.1) is 0 Å². The first-order chi connectivity index (χ1) is 6.81. The summed E-state index contributed by atoms with van der Waals surface area (Å²) in [7, 11) is 0. The molecule has 1 heterocycles. The molecule has 0 unspecified atom stereocenters. The van der Waals surface area contributed by atoms with Crippen molar-refractivity contribution < 1.29 is 4.42 Å². The zero-order valence-electron chi connectivity index (χ0n) is 7.40. The zero-order chi connectivity index (χ0) is 9.97. The van der Waals surface area contributed by atoms with Crippen molar-refractivity contribution in [3.8, 4) is 0 Å². The second-order valence-corrected chi connectivity index (χ2v) is 3.53. The molecule has 0 bridgehead atoms. The third-order valence-electron chi connectivity index (χ3n) is 1.95. The summed E-state index contributed by atoms with van der Waals surface area (Å²) in [5, 5.41) is 6.24. The quantitative estimate of drug-likeness (QED) is 0.603. The standard InChI is InChI=1S/C10H9NO2S/c11-14-6-8-5-7-3-1-2-4-9(7)13-10(8)12/h1-5H,6,11H2. The maximum Gasteiger partial charge on any atom is 0.340 e. The fraction of sp³-hybridized carbons (Fsp3) is 0.100. The van der Waals surface area contributed by atoms with E-state index < -0.39 is 0 Å². The van der Waals surface area contributed by atoms with Gasteiger partial charge in [0.25, 0.3) is 0 Å². The Labute approximate surface area is 85.0 Å². The molecule has 0 amide bonds. The number of para-hydroxylation sites is 1. The molecule has 72 valence electrons. The van der Waals surface area contributed by atoms with Crippen molar-refractivity contribution in [2.75, 3.05) is 0 Å². The first-order valence-corrected chi connectivity index (χ1v) is 5.19. The summed E-state index contributed by atoms with van der Waals surface area (Å²) in [5.74, 6) is 0.479. The third kappa shape index (κ3) is 1.66. The van der Waals surface area contributed by atoms with Gasteiger partial charge >= 0.3 is 5.63 Å². The van der Waals surface area contributed by atoms with Gasteiger partial charge in [-0.1, -0.05) is 30.1 Å². The molecule has 3 nitrogen and oxygen atoms in total. The molecule has 0 aliphatic rings. The Morgan fingerprint density at radius 2 is 2.14 bits per heavy atom.